The van der Waals surface area contributed by atoms with Gasteiger partial charge in [-0.25, -0.2) is 0 Å². The van der Waals surface area contributed by atoms with Crippen LogP contribution >= 0.6 is 0 Å². The quantitative estimate of drug-likeness (QED) is 0.832. The second-order valence-electron chi connectivity index (χ2n) is 5.49. The molecular weight excluding hydrogens is 236 g/mol. The average Bonchev–Trinajstić information content (AvgIpc) is 2.94. The molecule has 2 aliphatic rings. The maximum atomic E-state index is 10.0. The molecule has 2 aromatic carbocycles. The Morgan fingerprint density at radius 3 is 2.63 bits per heavy atom. The van der Waals surface area contributed by atoms with Gasteiger partial charge < -0.3 is 9.84 Å². The van der Waals surface area contributed by atoms with Crippen molar-refractivity contribution in [1.29, 1.82) is 0 Å². The van der Waals surface area contributed by atoms with Gasteiger partial charge in [0.15, 0.2) is 0 Å². The van der Waals surface area contributed by atoms with Crippen LogP contribution in [0.3, 0.4) is 0 Å². The predicted molar refractivity (Wildman–Crippen MR) is 75.1 cm³/mol. The zero-order valence-corrected chi connectivity index (χ0v) is 10.6. The van der Waals surface area contributed by atoms with E-state index in [4.69, 9.17) is 4.74 Å². The van der Waals surface area contributed by atoms with Crippen LogP contribution in [0.2, 0.25) is 0 Å². The van der Waals surface area contributed by atoms with Gasteiger partial charge in [0.25, 0.3) is 0 Å². The van der Waals surface area contributed by atoms with Crippen LogP contribution in [0.1, 0.15) is 6.42 Å². The molecule has 2 aromatic rings. The zero-order chi connectivity index (χ0) is 12.8. The average molecular weight is 252 g/mol. The topological polar surface area (TPSA) is 29.5 Å². The Bertz CT molecular complexity index is 641. The number of aliphatic hydroxyl groups is 1. The Balaban J connectivity index is 1.68. The molecular formula is C17H16O2. The van der Waals surface area contributed by atoms with E-state index in [2.05, 4.69) is 30.4 Å². The van der Waals surface area contributed by atoms with Gasteiger partial charge in [-0.1, -0.05) is 48.6 Å². The lowest BCUT2D eigenvalue weighted by Gasteiger charge is -2.21. The molecule has 2 bridgehead atoms. The highest BCUT2D eigenvalue weighted by Crippen LogP contribution is 2.42. The lowest BCUT2D eigenvalue weighted by Crippen LogP contribution is -2.25. The number of hydrogen-bond acceptors (Lipinski definition) is 2. The van der Waals surface area contributed by atoms with Crippen LogP contribution in [-0.4, -0.2) is 17.3 Å². The molecule has 1 N–H and O–H groups in total. The lowest BCUT2D eigenvalue weighted by atomic mass is 10.0. The minimum absolute atomic E-state index is 0.107. The van der Waals surface area contributed by atoms with E-state index >= 15 is 0 Å². The van der Waals surface area contributed by atoms with Crippen molar-refractivity contribution in [3.05, 3.63) is 54.6 Å². The molecule has 1 saturated carbocycles. The van der Waals surface area contributed by atoms with E-state index in [1.54, 1.807) is 0 Å². The minimum atomic E-state index is -0.250. The molecule has 96 valence electrons. The van der Waals surface area contributed by atoms with Gasteiger partial charge in [-0.05, 0) is 17.9 Å². The first-order valence-electron chi connectivity index (χ1n) is 6.84. The van der Waals surface area contributed by atoms with E-state index in [-0.39, 0.29) is 24.0 Å². The molecule has 0 heterocycles. The van der Waals surface area contributed by atoms with Crippen molar-refractivity contribution in [3.8, 4) is 5.75 Å². The van der Waals surface area contributed by atoms with Crippen molar-refractivity contribution in [1.82, 2.24) is 0 Å². The van der Waals surface area contributed by atoms with E-state index in [9.17, 15) is 5.11 Å². The van der Waals surface area contributed by atoms with Crippen molar-refractivity contribution in [3.63, 3.8) is 0 Å². The van der Waals surface area contributed by atoms with Crippen molar-refractivity contribution in [2.75, 3.05) is 0 Å². The van der Waals surface area contributed by atoms with Crippen molar-refractivity contribution in [2.45, 2.75) is 18.6 Å². The molecule has 0 radical (unpaired) electrons. The van der Waals surface area contributed by atoms with E-state index < -0.39 is 0 Å². The summed E-state index contributed by atoms with van der Waals surface area (Å²) in [6.07, 6.45) is 5.01. The van der Waals surface area contributed by atoms with Gasteiger partial charge in [-0.2, -0.15) is 0 Å². The Morgan fingerprint density at radius 1 is 1.00 bits per heavy atom. The molecule has 2 nitrogen and oxygen atoms in total. The third-order valence-corrected chi connectivity index (χ3v) is 4.38. The predicted octanol–water partition coefficient (Wildman–Crippen LogP) is 3.15. The standard InChI is InChI=1S/C17H16O2/c18-17-12-8-9-14(17)16(10-12)19-15-7-3-5-11-4-1-2-6-13(11)15/h1-9,12,14,16-18H,10H2. The summed E-state index contributed by atoms with van der Waals surface area (Å²) in [5.74, 6) is 1.37. The van der Waals surface area contributed by atoms with Gasteiger partial charge in [-0.15, -0.1) is 0 Å². The number of fused-ring (bicyclic) bond motifs is 3. The van der Waals surface area contributed by atoms with E-state index in [0.717, 1.165) is 17.6 Å². The Kier molecular flexibility index (Phi) is 2.39. The first-order valence-corrected chi connectivity index (χ1v) is 6.84. The summed E-state index contributed by atoms with van der Waals surface area (Å²) in [5.41, 5.74) is 0. The third kappa shape index (κ3) is 1.67. The SMILES string of the molecule is OC1C2C=CC1C(Oc1cccc3ccccc13)C2. The largest absolute Gasteiger partial charge is 0.489 e. The van der Waals surface area contributed by atoms with Gasteiger partial charge >= 0.3 is 0 Å². The van der Waals surface area contributed by atoms with E-state index in [1.165, 1.54) is 5.39 Å². The highest BCUT2D eigenvalue weighted by Gasteiger charge is 2.45. The zero-order valence-electron chi connectivity index (χ0n) is 10.6. The maximum absolute atomic E-state index is 10.0. The molecule has 0 amide bonds. The monoisotopic (exact) mass is 252 g/mol. The van der Waals surface area contributed by atoms with Crippen molar-refractivity contribution < 1.29 is 9.84 Å². The molecule has 0 aromatic heterocycles. The minimum Gasteiger partial charge on any atom is -0.489 e. The van der Waals surface area contributed by atoms with Gasteiger partial charge in [0.05, 0.1) is 6.10 Å². The molecule has 0 spiro atoms. The second kappa shape index (κ2) is 4.10. The molecule has 2 heteroatoms. The summed E-state index contributed by atoms with van der Waals surface area (Å²) < 4.78 is 6.18. The summed E-state index contributed by atoms with van der Waals surface area (Å²) in [6.45, 7) is 0. The number of hydrogen-bond donors (Lipinski definition) is 1. The van der Waals surface area contributed by atoms with Crippen LogP contribution in [0.25, 0.3) is 10.8 Å². The maximum Gasteiger partial charge on any atom is 0.127 e. The molecule has 2 aliphatic carbocycles. The van der Waals surface area contributed by atoms with Crippen molar-refractivity contribution >= 4 is 10.8 Å². The second-order valence-corrected chi connectivity index (χ2v) is 5.49. The van der Waals surface area contributed by atoms with Gasteiger partial charge in [-0.3, -0.25) is 0 Å². The molecule has 0 aliphatic heterocycles. The molecule has 4 atom stereocenters. The molecule has 4 rings (SSSR count). The molecule has 19 heavy (non-hydrogen) atoms. The normalized spacial score (nSPS) is 32.1. The summed E-state index contributed by atoms with van der Waals surface area (Å²) in [5, 5.41) is 12.4. The molecule has 0 saturated heterocycles. The first-order chi connectivity index (χ1) is 9.33. The highest BCUT2D eigenvalue weighted by atomic mass is 16.5. The van der Waals surface area contributed by atoms with Crippen LogP contribution in [0.4, 0.5) is 0 Å². The number of ether oxygens (including phenoxy) is 1. The van der Waals surface area contributed by atoms with Gasteiger partial charge in [0, 0.05) is 17.2 Å². The fraction of sp³-hybridized carbons (Fsp3) is 0.294. The number of benzene rings is 2. The number of rotatable bonds is 2. The smallest absolute Gasteiger partial charge is 0.127 e. The van der Waals surface area contributed by atoms with Crippen LogP contribution < -0.4 is 4.74 Å². The van der Waals surface area contributed by atoms with Gasteiger partial charge in [0.2, 0.25) is 0 Å². The van der Waals surface area contributed by atoms with Crippen LogP contribution in [-0.2, 0) is 0 Å². The van der Waals surface area contributed by atoms with Gasteiger partial charge in [0.1, 0.15) is 11.9 Å². The summed E-state index contributed by atoms with van der Waals surface area (Å²) in [6, 6.07) is 14.4. The van der Waals surface area contributed by atoms with E-state index in [1.807, 2.05) is 24.3 Å². The van der Waals surface area contributed by atoms with E-state index in [0.29, 0.717) is 0 Å². The lowest BCUT2D eigenvalue weighted by molar-refractivity contribution is 0.104. The van der Waals surface area contributed by atoms with Crippen LogP contribution in [0.5, 0.6) is 5.75 Å². The summed E-state index contributed by atoms with van der Waals surface area (Å²) in [4.78, 5) is 0. The molecule has 4 unspecified atom stereocenters. The summed E-state index contributed by atoms with van der Waals surface area (Å²) >= 11 is 0. The highest BCUT2D eigenvalue weighted by molar-refractivity contribution is 5.88. The third-order valence-electron chi connectivity index (χ3n) is 4.38. The summed E-state index contributed by atoms with van der Waals surface area (Å²) in [7, 11) is 0. The number of aliphatic hydroxyl groups excluding tert-OH is 1. The Hall–Kier alpha value is -1.80. The van der Waals surface area contributed by atoms with Crippen molar-refractivity contribution in [2.24, 2.45) is 11.8 Å². The Labute approximate surface area is 112 Å². The first kappa shape index (κ1) is 11.1. The molecule has 1 fully saturated rings. The Morgan fingerprint density at radius 2 is 1.84 bits per heavy atom. The van der Waals surface area contributed by atoms with Crippen LogP contribution in [0, 0.1) is 11.8 Å². The van der Waals surface area contributed by atoms with Crippen LogP contribution in [0.15, 0.2) is 54.6 Å². The fourth-order valence-corrected chi connectivity index (χ4v) is 3.36. The fourth-order valence-electron chi connectivity index (χ4n) is 3.36.